The Bertz CT molecular complexity index is 308. The summed E-state index contributed by atoms with van der Waals surface area (Å²) in [5, 5.41) is 0.744. The van der Waals surface area contributed by atoms with Crippen LogP contribution in [0.15, 0.2) is 28.7 Å². The van der Waals surface area contributed by atoms with Gasteiger partial charge in [0.05, 0.1) is 0 Å². The highest BCUT2D eigenvalue weighted by atomic mass is 79.9. The summed E-state index contributed by atoms with van der Waals surface area (Å²) in [6.07, 6.45) is 4.92. The van der Waals surface area contributed by atoms with Gasteiger partial charge in [0.15, 0.2) is 0 Å². The minimum Gasteiger partial charge on any atom is -0.126 e. The molecule has 0 amide bonds. The zero-order chi connectivity index (χ0) is 9.68. The number of halogens is 3. The van der Waals surface area contributed by atoms with Gasteiger partial charge in [0, 0.05) is 15.4 Å². The molecule has 70 valence electrons. The van der Waals surface area contributed by atoms with E-state index >= 15 is 0 Å². The van der Waals surface area contributed by atoms with Crippen molar-refractivity contribution in [2.45, 2.75) is 6.42 Å². The van der Waals surface area contributed by atoms with Gasteiger partial charge in [-0.3, -0.25) is 0 Å². The van der Waals surface area contributed by atoms with Crippen molar-refractivity contribution < 1.29 is 0 Å². The quantitative estimate of drug-likeness (QED) is 0.701. The lowest BCUT2D eigenvalue weighted by Crippen LogP contribution is -1.76. The highest BCUT2D eigenvalue weighted by Gasteiger charge is 1.95. The van der Waals surface area contributed by atoms with Gasteiger partial charge in [0.1, 0.15) is 0 Å². The normalized spacial score (nSPS) is 11.0. The lowest BCUT2D eigenvalue weighted by atomic mass is 10.2. The van der Waals surface area contributed by atoms with Crippen LogP contribution in [0, 0.1) is 0 Å². The van der Waals surface area contributed by atoms with Crippen LogP contribution in [0.4, 0.5) is 0 Å². The molecule has 0 aliphatic rings. The fourth-order valence-corrected chi connectivity index (χ4v) is 1.60. The van der Waals surface area contributed by atoms with E-state index in [0.29, 0.717) is 5.88 Å². The van der Waals surface area contributed by atoms with E-state index in [1.165, 1.54) is 0 Å². The molecular formula is C10H9BrCl2. The van der Waals surface area contributed by atoms with Gasteiger partial charge in [-0.15, -0.1) is 11.6 Å². The second-order valence-electron chi connectivity index (χ2n) is 2.55. The van der Waals surface area contributed by atoms with E-state index in [9.17, 15) is 0 Å². The van der Waals surface area contributed by atoms with Crippen molar-refractivity contribution >= 4 is 45.2 Å². The molecule has 0 saturated heterocycles. The molecule has 0 heterocycles. The smallest absolute Gasteiger partial charge is 0.0412 e. The summed E-state index contributed by atoms with van der Waals surface area (Å²) in [4.78, 5) is 0. The number of benzene rings is 1. The maximum atomic E-state index is 5.85. The van der Waals surface area contributed by atoms with E-state index in [-0.39, 0.29) is 0 Å². The van der Waals surface area contributed by atoms with Crippen LogP contribution in [0.2, 0.25) is 5.02 Å². The summed E-state index contributed by atoms with van der Waals surface area (Å²) in [6, 6.07) is 5.70. The van der Waals surface area contributed by atoms with Crippen molar-refractivity contribution in [3.8, 4) is 0 Å². The number of hydrogen-bond acceptors (Lipinski definition) is 0. The first-order valence-electron chi connectivity index (χ1n) is 3.91. The van der Waals surface area contributed by atoms with Crippen LogP contribution >= 0.6 is 39.1 Å². The third-order valence-corrected chi connectivity index (χ3v) is 2.71. The molecule has 0 N–H and O–H groups in total. The van der Waals surface area contributed by atoms with Crippen molar-refractivity contribution in [3.63, 3.8) is 0 Å². The summed E-state index contributed by atoms with van der Waals surface area (Å²) in [6.45, 7) is 0. The molecule has 0 atom stereocenters. The molecule has 1 rings (SSSR count). The predicted octanol–water partition coefficient (Wildman–Crippen LogP) is 4.74. The van der Waals surface area contributed by atoms with Crippen LogP contribution in [0.25, 0.3) is 6.08 Å². The van der Waals surface area contributed by atoms with E-state index in [1.54, 1.807) is 0 Å². The van der Waals surface area contributed by atoms with Gasteiger partial charge in [-0.25, -0.2) is 0 Å². The van der Waals surface area contributed by atoms with Crippen LogP contribution < -0.4 is 0 Å². The number of allylic oxidation sites excluding steroid dienone is 1. The number of alkyl halides is 1. The molecule has 0 radical (unpaired) electrons. The zero-order valence-corrected chi connectivity index (χ0v) is 10.0. The highest BCUT2D eigenvalue weighted by Crippen LogP contribution is 2.22. The molecule has 3 heteroatoms. The second-order valence-corrected chi connectivity index (χ2v) is 4.21. The molecule has 0 saturated carbocycles. The van der Waals surface area contributed by atoms with E-state index in [0.717, 1.165) is 21.5 Å². The van der Waals surface area contributed by atoms with E-state index < -0.39 is 0 Å². The topological polar surface area (TPSA) is 0 Å². The Balaban J connectivity index is 2.81. The molecule has 0 fully saturated rings. The summed E-state index contributed by atoms with van der Waals surface area (Å²) in [5.41, 5.74) is 1.08. The molecular weight excluding hydrogens is 271 g/mol. The Labute approximate surface area is 96.7 Å². The van der Waals surface area contributed by atoms with Crippen LogP contribution in [0.5, 0.6) is 0 Å². The molecule has 0 unspecified atom stereocenters. The van der Waals surface area contributed by atoms with Crippen molar-refractivity contribution in [3.05, 3.63) is 39.3 Å². The van der Waals surface area contributed by atoms with Gasteiger partial charge in [-0.2, -0.15) is 0 Å². The number of rotatable bonds is 3. The molecule has 1 aromatic carbocycles. The van der Waals surface area contributed by atoms with Crippen LogP contribution in [-0.2, 0) is 0 Å². The zero-order valence-electron chi connectivity index (χ0n) is 6.93. The second kappa shape index (κ2) is 5.69. The Hall–Kier alpha value is 0.0200. The van der Waals surface area contributed by atoms with Crippen LogP contribution in [-0.4, -0.2) is 5.88 Å². The third-order valence-electron chi connectivity index (χ3n) is 1.53. The largest absolute Gasteiger partial charge is 0.126 e. The highest BCUT2D eigenvalue weighted by molar-refractivity contribution is 9.10. The first-order valence-corrected chi connectivity index (χ1v) is 5.62. The third kappa shape index (κ3) is 3.72. The fourth-order valence-electron chi connectivity index (χ4n) is 0.916. The minimum atomic E-state index is 0.648. The van der Waals surface area contributed by atoms with Gasteiger partial charge < -0.3 is 0 Å². The maximum Gasteiger partial charge on any atom is 0.0412 e. The first kappa shape index (κ1) is 11.1. The molecule has 0 nitrogen and oxygen atoms in total. The Morgan fingerprint density at radius 2 is 2.15 bits per heavy atom. The first-order chi connectivity index (χ1) is 6.24. The Morgan fingerprint density at radius 3 is 2.85 bits per heavy atom. The van der Waals surface area contributed by atoms with E-state index in [4.69, 9.17) is 23.2 Å². The van der Waals surface area contributed by atoms with Gasteiger partial charge >= 0.3 is 0 Å². The average Bonchev–Trinajstić information content (AvgIpc) is 2.11. The molecule has 0 spiro atoms. The molecule has 0 bridgehead atoms. The van der Waals surface area contributed by atoms with Gasteiger partial charge in [0.2, 0.25) is 0 Å². The van der Waals surface area contributed by atoms with E-state index in [1.807, 2.05) is 30.4 Å². The standard InChI is InChI=1S/C10H9BrCl2/c11-10-5-4-9(13)7-8(10)3-1-2-6-12/h1,3-5,7H,2,6H2. The van der Waals surface area contributed by atoms with Crippen molar-refractivity contribution in [1.82, 2.24) is 0 Å². The molecule has 0 aliphatic carbocycles. The fraction of sp³-hybridized carbons (Fsp3) is 0.200. The predicted molar refractivity (Wildman–Crippen MR) is 63.5 cm³/mol. The van der Waals surface area contributed by atoms with Crippen LogP contribution in [0.3, 0.4) is 0 Å². The summed E-state index contributed by atoms with van der Waals surface area (Å²) in [7, 11) is 0. The maximum absolute atomic E-state index is 5.85. The minimum absolute atomic E-state index is 0.648. The van der Waals surface area contributed by atoms with Gasteiger partial charge in [-0.05, 0) is 30.2 Å². The monoisotopic (exact) mass is 278 g/mol. The van der Waals surface area contributed by atoms with E-state index in [2.05, 4.69) is 15.9 Å². The number of hydrogen-bond donors (Lipinski definition) is 0. The Kier molecular flexibility index (Phi) is 4.86. The molecule has 13 heavy (non-hydrogen) atoms. The lowest BCUT2D eigenvalue weighted by Gasteiger charge is -1.98. The average molecular weight is 280 g/mol. The van der Waals surface area contributed by atoms with Crippen LogP contribution in [0.1, 0.15) is 12.0 Å². The van der Waals surface area contributed by atoms with Crippen molar-refractivity contribution in [1.29, 1.82) is 0 Å². The van der Waals surface area contributed by atoms with Crippen molar-refractivity contribution in [2.24, 2.45) is 0 Å². The SMILES string of the molecule is ClCCC=Cc1cc(Cl)ccc1Br. The molecule has 0 aliphatic heterocycles. The summed E-state index contributed by atoms with van der Waals surface area (Å²) < 4.78 is 1.04. The summed E-state index contributed by atoms with van der Waals surface area (Å²) >= 11 is 14.8. The lowest BCUT2D eigenvalue weighted by molar-refractivity contribution is 1.24. The molecule has 0 aromatic heterocycles. The van der Waals surface area contributed by atoms with Crippen molar-refractivity contribution in [2.75, 3.05) is 5.88 Å². The van der Waals surface area contributed by atoms with Gasteiger partial charge in [-0.1, -0.05) is 39.7 Å². The summed E-state index contributed by atoms with van der Waals surface area (Å²) in [5.74, 6) is 0.648. The molecule has 1 aromatic rings. The Morgan fingerprint density at radius 1 is 1.38 bits per heavy atom. The van der Waals surface area contributed by atoms with Gasteiger partial charge in [0.25, 0.3) is 0 Å².